The Bertz CT molecular complexity index is 417. The average molecular weight is 249 g/mol. The summed E-state index contributed by atoms with van der Waals surface area (Å²) >= 11 is 0. The van der Waals surface area contributed by atoms with Crippen LogP contribution in [0, 0.1) is 11.3 Å². The SMILES string of the molecule is CN(CC1CCCOC1)c1nccc(C(=N)N)n1. The molecule has 98 valence electrons. The van der Waals surface area contributed by atoms with Gasteiger partial charge < -0.3 is 15.4 Å². The molecule has 6 heteroatoms. The fourth-order valence-electron chi connectivity index (χ4n) is 2.10. The maximum absolute atomic E-state index is 7.37. The summed E-state index contributed by atoms with van der Waals surface area (Å²) in [7, 11) is 1.95. The molecule has 1 aromatic heterocycles. The molecule has 1 unspecified atom stereocenters. The van der Waals surface area contributed by atoms with E-state index in [0.717, 1.165) is 26.2 Å². The Hall–Kier alpha value is -1.69. The van der Waals surface area contributed by atoms with Gasteiger partial charge in [0.2, 0.25) is 5.95 Å². The second-order valence-corrected chi connectivity index (χ2v) is 4.62. The molecule has 1 fully saturated rings. The fraction of sp³-hybridized carbons (Fsp3) is 0.583. The van der Waals surface area contributed by atoms with E-state index in [1.54, 1.807) is 12.3 Å². The number of ether oxygens (including phenoxy) is 1. The zero-order chi connectivity index (χ0) is 13.0. The Morgan fingerprint density at radius 3 is 3.17 bits per heavy atom. The zero-order valence-electron chi connectivity index (χ0n) is 10.6. The van der Waals surface area contributed by atoms with E-state index in [0.29, 0.717) is 17.6 Å². The van der Waals surface area contributed by atoms with E-state index in [2.05, 4.69) is 9.97 Å². The van der Waals surface area contributed by atoms with Crippen LogP contribution in [0.2, 0.25) is 0 Å². The summed E-state index contributed by atoms with van der Waals surface area (Å²) in [5.74, 6) is 1.09. The van der Waals surface area contributed by atoms with Gasteiger partial charge in [-0.15, -0.1) is 0 Å². The van der Waals surface area contributed by atoms with E-state index < -0.39 is 0 Å². The molecule has 0 amide bonds. The van der Waals surface area contributed by atoms with Crippen molar-refractivity contribution in [1.29, 1.82) is 5.41 Å². The largest absolute Gasteiger partial charge is 0.382 e. The van der Waals surface area contributed by atoms with Crippen molar-refractivity contribution in [2.75, 3.05) is 31.7 Å². The summed E-state index contributed by atoms with van der Waals surface area (Å²) in [6, 6.07) is 1.64. The molecule has 1 aliphatic heterocycles. The van der Waals surface area contributed by atoms with Crippen LogP contribution < -0.4 is 10.6 Å². The van der Waals surface area contributed by atoms with Crippen LogP contribution in [0.4, 0.5) is 5.95 Å². The number of nitrogens with zero attached hydrogens (tertiary/aromatic N) is 3. The number of nitrogens with two attached hydrogens (primary N) is 1. The highest BCUT2D eigenvalue weighted by atomic mass is 16.5. The van der Waals surface area contributed by atoms with Crippen molar-refractivity contribution in [2.24, 2.45) is 11.7 Å². The summed E-state index contributed by atoms with van der Waals surface area (Å²) in [5, 5.41) is 7.37. The van der Waals surface area contributed by atoms with Crippen molar-refractivity contribution in [3.05, 3.63) is 18.0 Å². The smallest absolute Gasteiger partial charge is 0.225 e. The number of anilines is 1. The molecule has 18 heavy (non-hydrogen) atoms. The number of amidine groups is 1. The zero-order valence-corrected chi connectivity index (χ0v) is 10.6. The highest BCUT2D eigenvalue weighted by Crippen LogP contribution is 2.16. The predicted octanol–water partition coefficient (Wildman–Crippen LogP) is 0.623. The highest BCUT2D eigenvalue weighted by molar-refractivity contribution is 5.93. The Morgan fingerprint density at radius 2 is 2.50 bits per heavy atom. The number of hydrogen-bond donors (Lipinski definition) is 2. The van der Waals surface area contributed by atoms with Crippen molar-refractivity contribution >= 4 is 11.8 Å². The van der Waals surface area contributed by atoms with Gasteiger partial charge >= 0.3 is 0 Å². The summed E-state index contributed by atoms with van der Waals surface area (Å²) in [6.45, 7) is 2.54. The Kier molecular flexibility index (Phi) is 4.09. The topological polar surface area (TPSA) is 88.1 Å². The van der Waals surface area contributed by atoms with Crippen LogP contribution >= 0.6 is 0 Å². The van der Waals surface area contributed by atoms with Gasteiger partial charge in [0.25, 0.3) is 0 Å². The second-order valence-electron chi connectivity index (χ2n) is 4.62. The van der Waals surface area contributed by atoms with E-state index in [9.17, 15) is 0 Å². The molecule has 0 aromatic carbocycles. The monoisotopic (exact) mass is 249 g/mol. The molecule has 1 saturated heterocycles. The molecule has 1 atom stereocenters. The second kappa shape index (κ2) is 5.77. The Labute approximate surface area is 107 Å². The average Bonchev–Trinajstić information content (AvgIpc) is 2.40. The van der Waals surface area contributed by atoms with Gasteiger partial charge in [0.1, 0.15) is 11.5 Å². The van der Waals surface area contributed by atoms with Gasteiger partial charge in [-0.3, -0.25) is 5.41 Å². The minimum atomic E-state index is -0.0342. The maximum atomic E-state index is 7.37. The van der Waals surface area contributed by atoms with Crippen molar-refractivity contribution < 1.29 is 4.74 Å². The highest BCUT2D eigenvalue weighted by Gasteiger charge is 2.17. The molecular formula is C12H19N5O. The van der Waals surface area contributed by atoms with Crippen molar-refractivity contribution in [2.45, 2.75) is 12.8 Å². The first kappa shape index (κ1) is 12.8. The first-order valence-corrected chi connectivity index (χ1v) is 6.13. The normalized spacial score (nSPS) is 19.5. The molecule has 6 nitrogen and oxygen atoms in total. The molecule has 2 heterocycles. The Balaban J connectivity index is 2.01. The number of nitrogen functional groups attached to an aromatic ring is 1. The molecule has 1 aromatic rings. The number of nitrogens with one attached hydrogen (secondary N) is 1. The van der Waals surface area contributed by atoms with Crippen LogP contribution in [0.5, 0.6) is 0 Å². The van der Waals surface area contributed by atoms with Crippen molar-refractivity contribution in [3.63, 3.8) is 0 Å². The van der Waals surface area contributed by atoms with Gasteiger partial charge in [0.15, 0.2) is 0 Å². The predicted molar refractivity (Wildman–Crippen MR) is 69.9 cm³/mol. The van der Waals surface area contributed by atoms with Crippen molar-refractivity contribution in [1.82, 2.24) is 9.97 Å². The van der Waals surface area contributed by atoms with Crippen molar-refractivity contribution in [3.8, 4) is 0 Å². The standard InChI is InChI=1S/C12H19N5O/c1-17(7-9-3-2-6-18-8-9)12-15-5-4-10(16-12)11(13)14/h4-5,9H,2-3,6-8H2,1H3,(H3,13,14). The summed E-state index contributed by atoms with van der Waals surface area (Å²) in [6.07, 6.45) is 3.93. The van der Waals surface area contributed by atoms with E-state index in [4.69, 9.17) is 15.9 Å². The van der Waals surface area contributed by atoms with E-state index in [-0.39, 0.29) is 5.84 Å². The molecule has 0 spiro atoms. The lowest BCUT2D eigenvalue weighted by molar-refractivity contribution is 0.0575. The fourth-order valence-corrected chi connectivity index (χ4v) is 2.10. The minimum absolute atomic E-state index is 0.0342. The van der Waals surface area contributed by atoms with Crippen LogP contribution in [0.15, 0.2) is 12.3 Å². The summed E-state index contributed by atoms with van der Waals surface area (Å²) in [5.41, 5.74) is 5.89. The molecule has 3 N–H and O–H groups in total. The van der Waals surface area contributed by atoms with Gasteiger partial charge in [-0.1, -0.05) is 0 Å². The first-order valence-electron chi connectivity index (χ1n) is 6.13. The first-order chi connectivity index (χ1) is 8.66. The third kappa shape index (κ3) is 3.16. The van der Waals surface area contributed by atoms with Gasteiger partial charge in [0, 0.05) is 26.4 Å². The Morgan fingerprint density at radius 1 is 1.67 bits per heavy atom. The van der Waals surface area contributed by atoms with E-state index in [1.807, 2.05) is 11.9 Å². The molecule has 2 rings (SSSR count). The molecule has 0 aliphatic carbocycles. The molecule has 0 bridgehead atoms. The lowest BCUT2D eigenvalue weighted by Crippen LogP contribution is -2.32. The van der Waals surface area contributed by atoms with Gasteiger partial charge in [-0.25, -0.2) is 9.97 Å². The number of rotatable bonds is 4. The number of hydrogen-bond acceptors (Lipinski definition) is 5. The molecule has 0 saturated carbocycles. The number of aromatic nitrogens is 2. The maximum Gasteiger partial charge on any atom is 0.225 e. The molecule has 1 aliphatic rings. The summed E-state index contributed by atoms with van der Waals surface area (Å²) in [4.78, 5) is 10.5. The van der Waals surface area contributed by atoms with Crippen LogP contribution in [0.3, 0.4) is 0 Å². The quantitative estimate of drug-likeness (QED) is 0.603. The lowest BCUT2D eigenvalue weighted by Gasteiger charge is -2.27. The van der Waals surface area contributed by atoms with Gasteiger partial charge in [-0.05, 0) is 24.8 Å². The van der Waals surface area contributed by atoms with Crippen LogP contribution in [-0.2, 0) is 4.74 Å². The third-order valence-electron chi connectivity index (χ3n) is 3.05. The van der Waals surface area contributed by atoms with Crippen LogP contribution in [0.1, 0.15) is 18.5 Å². The molecule has 0 radical (unpaired) electrons. The van der Waals surface area contributed by atoms with E-state index in [1.165, 1.54) is 6.42 Å². The lowest BCUT2D eigenvalue weighted by atomic mass is 10.0. The van der Waals surface area contributed by atoms with E-state index >= 15 is 0 Å². The third-order valence-corrected chi connectivity index (χ3v) is 3.05. The summed E-state index contributed by atoms with van der Waals surface area (Å²) < 4.78 is 5.46. The molecular weight excluding hydrogens is 230 g/mol. The van der Waals surface area contributed by atoms with Gasteiger partial charge in [0.05, 0.1) is 6.61 Å². The minimum Gasteiger partial charge on any atom is -0.382 e. The van der Waals surface area contributed by atoms with Gasteiger partial charge in [-0.2, -0.15) is 0 Å². The van der Waals surface area contributed by atoms with Crippen LogP contribution in [-0.4, -0.2) is 42.6 Å². The van der Waals surface area contributed by atoms with Crippen LogP contribution in [0.25, 0.3) is 0 Å².